The minimum Gasteiger partial charge on any atom is -0.427 e. The molecule has 0 unspecified atom stereocenters. The first-order chi connectivity index (χ1) is 13.7. The van der Waals surface area contributed by atoms with Crippen LogP contribution >= 0.6 is 0 Å². The molecule has 0 N–H and O–H groups in total. The van der Waals surface area contributed by atoms with Gasteiger partial charge in [-0.3, -0.25) is 9.59 Å². The quantitative estimate of drug-likeness (QED) is 0.789. The summed E-state index contributed by atoms with van der Waals surface area (Å²) >= 11 is 0. The van der Waals surface area contributed by atoms with E-state index < -0.39 is 5.63 Å². The van der Waals surface area contributed by atoms with Crippen molar-refractivity contribution in [1.29, 1.82) is 0 Å². The summed E-state index contributed by atoms with van der Waals surface area (Å²) in [6.45, 7) is 5.86. The number of carbonyl (C=O) groups is 1. The Morgan fingerprint density at radius 1 is 1.17 bits per heavy atom. The number of pyridine rings is 1. The molecule has 2 aromatic heterocycles. The summed E-state index contributed by atoms with van der Waals surface area (Å²) in [7, 11) is 3.91. The molecule has 0 aromatic carbocycles. The summed E-state index contributed by atoms with van der Waals surface area (Å²) in [5.41, 5.74) is 2.58. The van der Waals surface area contributed by atoms with Gasteiger partial charge in [0.2, 0.25) is 0 Å². The van der Waals surface area contributed by atoms with Crippen molar-refractivity contribution in [3.05, 3.63) is 67.1 Å². The molecule has 1 saturated heterocycles. The molecule has 1 fully saturated rings. The maximum Gasteiger partial charge on any atom is 0.336 e. The predicted octanol–water partition coefficient (Wildman–Crippen LogP) is 1.74. The van der Waals surface area contributed by atoms with Gasteiger partial charge in [0.25, 0.3) is 11.5 Å². The van der Waals surface area contributed by atoms with E-state index in [-0.39, 0.29) is 23.3 Å². The molecule has 4 heterocycles. The fourth-order valence-electron chi connectivity index (χ4n) is 4.85. The van der Waals surface area contributed by atoms with Crippen LogP contribution in [0.4, 0.5) is 0 Å². The van der Waals surface area contributed by atoms with Gasteiger partial charge in [0.05, 0.1) is 5.56 Å². The molecule has 1 amide bonds. The maximum absolute atomic E-state index is 13.2. The summed E-state index contributed by atoms with van der Waals surface area (Å²) in [4.78, 5) is 41.6. The second-order valence-electron chi connectivity index (χ2n) is 8.63. The fraction of sp³-hybridized carbons (Fsp3) is 0.500. The highest BCUT2D eigenvalue weighted by Crippen LogP contribution is 2.36. The van der Waals surface area contributed by atoms with Crippen LogP contribution in [0.2, 0.25) is 0 Å². The van der Waals surface area contributed by atoms with Crippen molar-refractivity contribution in [3.63, 3.8) is 0 Å². The first kappa shape index (κ1) is 19.6. The third-order valence-corrected chi connectivity index (χ3v) is 6.01. The lowest BCUT2D eigenvalue weighted by molar-refractivity contribution is 0.0589. The molecule has 2 aromatic rings. The molecule has 154 valence electrons. The van der Waals surface area contributed by atoms with Gasteiger partial charge in [-0.1, -0.05) is 6.07 Å². The molecule has 2 aliphatic heterocycles. The number of carbonyl (C=O) groups excluding carboxylic acids is 1. The van der Waals surface area contributed by atoms with Crippen molar-refractivity contribution in [2.75, 3.05) is 27.2 Å². The first-order valence-corrected chi connectivity index (χ1v) is 10.0. The first-order valence-electron chi connectivity index (χ1n) is 10.0. The molecule has 0 aliphatic carbocycles. The maximum atomic E-state index is 13.2. The van der Waals surface area contributed by atoms with Crippen molar-refractivity contribution in [2.24, 2.45) is 5.92 Å². The van der Waals surface area contributed by atoms with E-state index in [1.54, 1.807) is 13.8 Å². The summed E-state index contributed by atoms with van der Waals surface area (Å²) < 4.78 is 7.07. The van der Waals surface area contributed by atoms with E-state index in [9.17, 15) is 14.4 Å². The number of aromatic nitrogens is 1. The molecule has 7 nitrogen and oxygen atoms in total. The Labute approximate surface area is 169 Å². The molecule has 2 aliphatic rings. The van der Waals surface area contributed by atoms with Crippen molar-refractivity contribution in [2.45, 2.75) is 39.3 Å². The molecular weight excluding hydrogens is 370 g/mol. The molecule has 0 spiro atoms. The number of hydrogen-bond donors (Lipinski definition) is 0. The zero-order chi connectivity index (χ0) is 20.9. The normalized spacial score (nSPS) is 20.7. The Morgan fingerprint density at radius 3 is 2.62 bits per heavy atom. The van der Waals surface area contributed by atoms with E-state index in [2.05, 4.69) is 0 Å². The Hall–Kier alpha value is -2.67. The molecule has 0 radical (unpaired) electrons. The average Bonchev–Trinajstić information content (AvgIpc) is 2.63. The van der Waals surface area contributed by atoms with Gasteiger partial charge in [0, 0.05) is 49.4 Å². The van der Waals surface area contributed by atoms with Crippen LogP contribution < -0.4 is 11.2 Å². The van der Waals surface area contributed by atoms with Gasteiger partial charge in [0.1, 0.15) is 5.76 Å². The van der Waals surface area contributed by atoms with E-state index >= 15 is 0 Å². The number of fused-ring (bicyclic) bond motifs is 4. The van der Waals surface area contributed by atoms with Crippen LogP contribution in [-0.2, 0) is 13.1 Å². The second kappa shape index (κ2) is 7.30. The minimum absolute atomic E-state index is 0.0854. The number of piperidine rings is 1. The zero-order valence-electron chi connectivity index (χ0n) is 17.4. The van der Waals surface area contributed by atoms with Crippen molar-refractivity contribution in [3.8, 4) is 0 Å². The van der Waals surface area contributed by atoms with Gasteiger partial charge in [-0.15, -0.1) is 0 Å². The lowest BCUT2D eigenvalue weighted by atomic mass is 9.82. The average molecular weight is 397 g/mol. The van der Waals surface area contributed by atoms with E-state index in [1.807, 2.05) is 40.6 Å². The third kappa shape index (κ3) is 3.55. The van der Waals surface area contributed by atoms with E-state index in [0.29, 0.717) is 43.1 Å². The molecule has 0 saturated carbocycles. The minimum atomic E-state index is -0.436. The zero-order valence-corrected chi connectivity index (χ0v) is 17.4. The molecule has 2 bridgehead atoms. The Bertz CT molecular complexity index is 1060. The van der Waals surface area contributed by atoms with E-state index in [4.69, 9.17) is 4.42 Å². The smallest absolute Gasteiger partial charge is 0.336 e. The Balaban J connectivity index is 1.64. The molecule has 29 heavy (non-hydrogen) atoms. The predicted molar refractivity (Wildman–Crippen MR) is 109 cm³/mol. The number of aryl methyl sites for hydroxylation is 2. The van der Waals surface area contributed by atoms with Crippen LogP contribution in [-0.4, -0.2) is 47.5 Å². The number of hydrogen-bond acceptors (Lipinski definition) is 5. The molecule has 4 rings (SSSR count). The van der Waals surface area contributed by atoms with E-state index in [0.717, 1.165) is 17.7 Å². The molecule has 2 atom stereocenters. The van der Waals surface area contributed by atoms with Crippen LogP contribution in [0, 0.1) is 19.8 Å². The number of rotatable bonds is 3. The SMILES string of the molecule is Cc1cc(=O)oc(C)c1C(=O)N1C[C@@H]2C[C@H](C1)c1ccc(CN(C)C)c(=O)n1C2. The van der Waals surface area contributed by atoms with Gasteiger partial charge in [-0.05, 0) is 51.9 Å². The van der Waals surface area contributed by atoms with Crippen LogP contribution in [0.1, 0.15) is 45.3 Å². The summed E-state index contributed by atoms with van der Waals surface area (Å²) in [5.74, 6) is 0.650. The largest absolute Gasteiger partial charge is 0.427 e. The molecular formula is C22H27N3O4. The molecule has 7 heteroatoms. The van der Waals surface area contributed by atoms with Gasteiger partial charge in [0.15, 0.2) is 0 Å². The third-order valence-electron chi connectivity index (χ3n) is 6.01. The number of nitrogens with zero attached hydrogens (tertiary/aromatic N) is 3. The Morgan fingerprint density at radius 2 is 1.93 bits per heavy atom. The lowest BCUT2D eigenvalue weighted by Crippen LogP contribution is -2.49. The van der Waals surface area contributed by atoms with Gasteiger partial charge in [-0.2, -0.15) is 0 Å². The highest BCUT2D eigenvalue weighted by molar-refractivity contribution is 5.96. The number of likely N-dealkylation sites (tertiary alicyclic amines) is 1. The monoisotopic (exact) mass is 397 g/mol. The lowest BCUT2D eigenvalue weighted by Gasteiger charge is -2.43. The standard InChI is InChI=1S/C22H27N3O4/c1-13-7-19(26)29-14(2)20(13)22(28)24-9-15-8-17(12-24)18-6-5-16(11-23(3)4)21(27)25(18)10-15/h5-7,15,17H,8-12H2,1-4H3/t15-,17+/m0/s1. The van der Waals surface area contributed by atoms with E-state index in [1.165, 1.54) is 6.07 Å². The highest BCUT2D eigenvalue weighted by atomic mass is 16.4. The van der Waals surface area contributed by atoms with Gasteiger partial charge in [-0.25, -0.2) is 4.79 Å². The highest BCUT2D eigenvalue weighted by Gasteiger charge is 2.37. The van der Waals surface area contributed by atoms with Crippen molar-refractivity contribution in [1.82, 2.24) is 14.4 Å². The Kier molecular flexibility index (Phi) is 4.94. The van der Waals surface area contributed by atoms with Crippen LogP contribution in [0.3, 0.4) is 0 Å². The van der Waals surface area contributed by atoms with Crippen LogP contribution in [0.5, 0.6) is 0 Å². The van der Waals surface area contributed by atoms with Crippen LogP contribution in [0.15, 0.2) is 32.2 Å². The summed E-state index contributed by atoms with van der Waals surface area (Å²) in [5, 5.41) is 0. The van der Waals surface area contributed by atoms with Crippen molar-refractivity contribution >= 4 is 5.91 Å². The summed E-state index contributed by atoms with van der Waals surface area (Å²) in [6.07, 6.45) is 0.984. The van der Waals surface area contributed by atoms with Gasteiger partial charge >= 0.3 is 5.63 Å². The second-order valence-corrected chi connectivity index (χ2v) is 8.63. The van der Waals surface area contributed by atoms with Crippen molar-refractivity contribution < 1.29 is 9.21 Å². The topological polar surface area (TPSA) is 75.8 Å². The fourth-order valence-corrected chi connectivity index (χ4v) is 4.85. The number of amides is 1. The van der Waals surface area contributed by atoms with Crippen LogP contribution in [0.25, 0.3) is 0 Å². The summed E-state index contributed by atoms with van der Waals surface area (Å²) in [6, 6.07) is 5.34. The van der Waals surface area contributed by atoms with Gasteiger partial charge < -0.3 is 18.8 Å².